The fraction of sp³-hybridized carbons (Fsp3) is 0.474. The number of para-hydroxylation sites is 1. The monoisotopic (exact) mass is 351 g/mol. The SMILES string of the molecule is C=CCc1cccc(C)c1OCCCNCCCC.O=C(O)C(=O)O. The van der Waals surface area contributed by atoms with E-state index in [-0.39, 0.29) is 0 Å². The molecule has 1 aromatic carbocycles. The second kappa shape index (κ2) is 14.0. The molecule has 3 N–H and O–H groups in total. The molecule has 0 bridgehead atoms. The third-order valence-electron chi connectivity index (χ3n) is 3.29. The molecule has 0 saturated heterocycles. The standard InChI is InChI=1S/C17H27NO.C2H2O4/c1-4-6-12-18-13-8-14-19-17-15(3)10-7-11-16(17)9-5-2;3-1(4)2(5)6/h5,7,10-11,18H,2,4,6,8-9,12-14H2,1,3H3;(H,3,4)(H,5,6). The molecule has 0 aliphatic heterocycles. The number of hydrogen-bond donors (Lipinski definition) is 3. The summed E-state index contributed by atoms with van der Waals surface area (Å²) in [4.78, 5) is 18.2. The van der Waals surface area contributed by atoms with Gasteiger partial charge in [-0.2, -0.15) is 0 Å². The molecule has 0 unspecified atom stereocenters. The molecule has 1 aromatic rings. The summed E-state index contributed by atoms with van der Waals surface area (Å²) in [5, 5.41) is 18.2. The first-order chi connectivity index (χ1) is 11.9. The lowest BCUT2D eigenvalue weighted by molar-refractivity contribution is -0.159. The number of aliphatic carboxylic acids is 2. The quantitative estimate of drug-likeness (QED) is 0.341. The van der Waals surface area contributed by atoms with Crippen molar-refractivity contribution in [2.24, 2.45) is 0 Å². The van der Waals surface area contributed by atoms with Crippen LogP contribution in [0.1, 0.15) is 37.3 Å². The molecule has 0 saturated carbocycles. The highest BCUT2D eigenvalue weighted by Gasteiger charge is 2.05. The van der Waals surface area contributed by atoms with Crippen molar-refractivity contribution in [2.45, 2.75) is 39.5 Å². The van der Waals surface area contributed by atoms with Gasteiger partial charge >= 0.3 is 11.9 Å². The van der Waals surface area contributed by atoms with Crippen molar-refractivity contribution in [2.75, 3.05) is 19.7 Å². The molecule has 140 valence electrons. The number of benzene rings is 1. The van der Waals surface area contributed by atoms with Gasteiger partial charge in [-0.25, -0.2) is 9.59 Å². The Morgan fingerprint density at radius 2 is 1.84 bits per heavy atom. The topological polar surface area (TPSA) is 95.9 Å². The van der Waals surface area contributed by atoms with E-state index in [1.165, 1.54) is 24.0 Å². The molecule has 0 radical (unpaired) electrons. The number of hydrogen-bond acceptors (Lipinski definition) is 4. The molecule has 0 spiro atoms. The van der Waals surface area contributed by atoms with Gasteiger partial charge in [-0.15, -0.1) is 6.58 Å². The second-order valence-electron chi connectivity index (χ2n) is 5.47. The summed E-state index contributed by atoms with van der Waals surface area (Å²) in [6, 6.07) is 6.29. The van der Waals surface area contributed by atoms with Gasteiger partial charge in [0.2, 0.25) is 0 Å². The molecule has 0 aromatic heterocycles. The minimum Gasteiger partial charge on any atom is -0.493 e. The lowest BCUT2D eigenvalue weighted by Gasteiger charge is -2.13. The largest absolute Gasteiger partial charge is 0.493 e. The van der Waals surface area contributed by atoms with Crippen LogP contribution in [0.3, 0.4) is 0 Å². The van der Waals surface area contributed by atoms with Crippen molar-refractivity contribution in [3.05, 3.63) is 42.0 Å². The zero-order chi connectivity index (χ0) is 19.1. The molecular weight excluding hydrogens is 322 g/mol. The molecule has 0 aliphatic rings. The number of unbranched alkanes of at least 4 members (excludes halogenated alkanes) is 1. The van der Waals surface area contributed by atoms with Crippen molar-refractivity contribution in [3.8, 4) is 5.75 Å². The van der Waals surface area contributed by atoms with Gasteiger partial charge in [-0.1, -0.05) is 37.6 Å². The molecule has 6 heteroatoms. The average molecular weight is 351 g/mol. The van der Waals surface area contributed by atoms with Crippen LogP contribution in [0.4, 0.5) is 0 Å². The summed E-state index contributed by atoms with van der Waals surface area (Å²) in [6.45, 7) is 11.0. The molecule has 25 heavy (non-hydrogen) atoms. The summed E-state index contributed by atoms with van der Waals surface area (Å²) in [5.74, 6) is -2.61. The number of aryl methyl sites for hydroxylation is 1. The predicted octanol–water partition coefficient (Wildman–Crippen LogP) is 3.04. The Morgan fingerprint density at radius 3 is 2.40 bits per heavy atom. The Morgan fingerprint density at radius 1 is 1.20 bits per heavy atom. The first-order valence-electron chi connectivity index (χ1n) is 8.43. The maximum atomic E-state index is 9.10. The molecule has 0 amide bonds. The van der Waals surface area contributed by atoms with Gasteiger partial charge in [0.25, 0.3) is 0 Å². The molecule has 0 aliphatic carbocycles. The Bertz CT molecular complexity index is 531. The van der Waals surface area contributed by atoms with Gasteiger partial charge in [-0.3, -0.25) is 0 Å². The highest BCUT2D eigenvalue weighted by Crippen LogP contribution is 2.24. The molecular formula is C19H29NO5. The number of ether oxygens (including phenoxy) is 1. The van der Waals surface area contributed by atoms with E-state index in [1.54, 1.807) is 0 Å². The van der Waals surface area contributed by atoms with Crippen molar-refractivity contribution < 1.29 is 24.5 Å². The van der Waals surface area contributed by atoms with Crippen LogP contribution < -0.4 is 10.1 Å². The second-order valence-corrected chi connectivity index (χ2v) is 5.47. The summed E-state index contributed by atoms with van der Waals surface area (Å²) in [5.41, 5.74) is 2.44. The van der Waals surface area contributed by atoms with Gasteiger partial charge in [-0.05, 0) is 50.4 Å². The van der Waals surface area contributed by atoms with Crippen LogP contribution in [0.2, 0.25) is 0 Å². The highest BCUT2D eigenvalue weighted by atomic mass is 16.5. The van der Waals surface area contributed by atoms with Gasteiger partial charge in [0.1, 0.15) is 5.75 Å². The minimum atomic E-state index is -1.82. The third kappa shape index (κ3) is 10.9. The van der Waals surface area contributed by atoms with E-state index < -0.39 is 11.9 Å². The summed E-state index contributed by atoms with van der Waals surface area (Å²) < 4.78 is 5.94. The van der Waals surface area contributed by atoms with Crippen LogP contribution in [-0.2, 0) is 16.0 Å². The van der Waals surface area contributed by atoms with Crippen LogP contribution in [0.15, 0.2) is 30.9 Å². The van der Waals surface area contributed by atoms with Crippen molar-refractivity contribution in [1.29, 1.82) is 0 Å². The fourth-order valence-corrected chi connectivity index (χ4v) is 2.03. The van der Waals surface area contributed by atoms with Crippen LogP contribution in [0.25, 0.3) is 0 Å². The first kappa shape index (κ1) is 22.7. The Kier molecular flexibility index (Phi) is 12.7. The van der Waals surface area contributed by atoms with E-state index in [0.29, 0.717) is 0 Å². The van der Waals surface area contributed by atoms with E-state index in [9.17, 15) is 0 Å². The maximum Gasteiger partial charge on any atom is 0.414 e. The molecule has 0 fully saturated rings. The molecule has 1 rings (SSSR count). The summed E-state index contributed by atoms with van der Waals surface area (Å²) >= 11 is 0. The molecule has 6 nitrogen and oxygen atoms in total. The lowest BCUT2D eigenvalue weighted by atomic mass is 10.1. The van der Waals surface area contributed by atoms with Crippen LogP contribution in [-0.4, -0.2) is 41.8 Å². The average Bonchev–Trinajstić information content (AvgIpc) is 2.57. The van der Waals surface area contributed by atoms with E-state index in [4.69, 9.17) is 24.5 Å². The zero-order valence-electron chi connectivity index (χ0n) is 15.1. The summed E-state index contributed by atoms with van der Waals surface area (Å²) in [6.07, 6.45) is 6.34. The normalized spacial score (nSPS) is 9.68. The van der Waals surface area contributed by atoms with Crippen molar-refractivity contribution in [1.82, 2.24) is 5.32 Å². The van der Waals surface area contributed by atoms with Crippen LogP contribution >= 0.6 is 0 Å². The number of nitrogens with one attached hydrogen (secondary N) is 1. The van der Waals surface area contributed by atoms with E-state index >= 15 is 0 Å². The highest BCUT2D eigenvalue weighted by molar-refractivity contribution is 6.27. The van der Waals surface area contributed by atoms with Gasteiger partial charge in [0.05, 0.1) is 6.61 Å². The zero-order valence-corrected chi connectivity index (χ0v) is 15.1. The van der Waals surface area contributed by atoms with E-state index in [0.717, 1.165) is 38.3 Å². The molecule has 0 atom stereocenters. The van der Waals surface area contributed by atoms with Gasteiger partial charge in [0.15, 0.2) is 0 Å². The van der Waals surface area contributed by atoms with Crippen molar-refractivity contribution in [3.63, 3.8) is 0 Å². The lowest BCUT2D eigenvalue weighted by Crippen LogP contribution is -2.18. The van der Waals surface area contributed by atoms with E-state index in [2.05, 4.69) is 43.9 Å². The number of carboxylic acids is 2. The number of rotatable bonds is 10. The number of carboxylic acid groups (broad SMARTS) is 2. The van der Waals surface area contributed by atoms with E-state index in [1.807, 2.05) is 6.08 Å². The first-order valence-corrected chi connectivity index (χ1v) is 8.43. The van der Waals surface area contributed by atoms with Gasteiger partial charge in [0, 0.05) is 0 Å². The fourth-order valence-electron chi connectivity index (χ4n) is 2.03. The third-order valence-corrected chi connectivity index (χ3v) is 3.29. The number of carbonyl (C=O) groups is 2. The predicted molar refractivity (Wildman–Crippen MR) is 98.2 cm³/mol. The Hall–Kier alpha value is -2.34. The Balaban J connectivity index is 0.000000823. The van der Waals surface area contributed by atoms with Crippen molar-refractivity contribution >= 4 is 11.9 Å². The van der Waals surface area contributed by atoms with Gasteiger partial charge < -0.3 is 20.3 Å². The van der Waals surface area contributed by atoms with Crippen LogP contribution in [0.5, 0.6) is 5.75 Å². The number of allylic oxidation sites excluding steroid dienone is 1. The smallest absolute Gasteiger partial charge is 0.414 e. The maximum absolute atomic E-state index is 9.10. The molecule has 0 heterocycles. The van der Waals surface area contributed by atoms with Crippen LogP contribution in [0, 0.1) is 6.92 Å². The Labute approximate surface area is 149 Å². The minimum absolute atomic E-state index is 0.772. The summed E-state index contributed by atoms with van der Waals surface area (Å²) in [7, 11) is 0.